The van der Waals surface area contributed by atoms with Crippen molar-refractivity contribution in [2.75, 3.05) is 19.6 Å². The van der Waals surface area contributed by atoms with E-state index in [2.05, 4.69) is 4.90 Å². The van der Waals surface area contributed by atoms with Crippen LogP contribution in [0.2, 0.25) is 0 Å². The predicted molar refractivity (Wildman–Crippen MR) is 74.1 cm³/mol. The zero-order valence-corrected chi connectivity index (χ0v) is 11.4. The summed E-state index contributed by atoms with van der Waals surface area (Å²) >= 11 is 0. The van der Waals surface area contributed by atoms with Gasteiger partial charge in [0.2, 0.25) is 0 Å². The van der Waals surface area contributed by atoms with Crippen LogP contribution < -0.4 is 5.73 Å². The third-order valence-corrected chi connectivity index (χ3v) is 4.80. The van der Waals surface area contributed by atoms with Crippen molar-refractivity contribution in [1.82, 2.24) is 4.90 Å². The quantitative estimate of drug-likeness (QED) is 0.797. The molecular weight excluding hydrogens is 208 g/mol. The number of piperidine rings is 1. The molecule has 100 valence electrons. The summed E-state index contributed by atoms with van der Waals surface area (Å²) in [5.74, 6) is 1.05. The fourth-order valence-corrected chi connectivity index (χ4v) is 3.68. The Bertz CT molecular complexity index is 199. The Morgan fingerprint density at radius 1 is 0.941 bits per heavy atom. The first-order valence-corrected chi connectivity index (χ1v) is 7.84. The maximum Gasteiger partial charge on any atom is 0.0218 e. The molecule has 0 aromatic heterocycles. The lowest BCUT2D eigenvalue weighted by molar-refractivity contribution is 0.146. The van der Waals surface area contributed by atoms with Crippen LogP contribution >= 0.6 is 0 Å². The van der Waals surface area contributed by atoms with Gasteiger partial charge in [-0.05, 0) is 44.7 Å². The number of nitrogens with two attached hydrogens (primary N) is 1. The minimum atomic E-state index is 0.690. The van der Waals surface area contributed by atoms with Gasteiger partial charge in [-0.25, -0.2) is 0 Å². The third-order valence-electron chi connectivity index (χ3n) is 4.80. The van der Waals surface area contributed by atoms with Crippen LogP contribution in [0.3, 0.4) is 0 Å². The molecule has 1 saturated heterocycles. The van der Waals surface area contributed by atoms with Gasteiger partial charge in [0.05, 0.1) is 0 Å². The summed E-state index contributed by atoms with van der Waals surface area (Å²) in [5.41, 5.74) is 5.87. The van der Waals surface area contributed by atoms with Crippen molar-refractivity contribution in [1.29, 1.82) is 0 Å². The molecule has 1 heterocycles. The zero-order chi connectivity index (χ0) is 11.9. The molecule has 1 saturated carbocycles. The largest absolute Gasteiger partial charge is 0.329 e. The van der Waals surface area contributed by atoms with Gasteiger partial charge in [0.25, 0.3) is 0 Å². The van der Waals surface area contributed by atoms with Gasteiger partial charge in [0.1, 0.15) is 0 Å². The lowest BCUT2D eigenvalue weighted by atomic mass is 9.86. The van der Waals surface area contributed by atoms with Crippen LogP contribution in [0.15, 0.2) is 0 Å². The maximum absolute atomic E-state index is 5.87. The van der Waals surface area contributed by atoms with Crippen LogP contribution in [0.5, 0.6) is 0 Å². The summed E-state index contributed by atoms with van der Waals surface area (Å²) in [6.07, 6.45) is 14.4. The average Bonchev–Trinajstić information content (AvgIpc) is 2.40. The Hall–Kier alpha value is -0.0800. The molecule has 0 spiro atoms. The Kier molecular flexibility index (Phi) is 5.79. The third kappa shape index (κ3) is 4.26. The molecule has 1 atom stereocenters. The molecule has 1 aliphatic heterocycles. The molecule has 1 aliphatic carbocycles. The Labute approximate surface area is 107 Å². The predicted octanol–water partition coefficient (Wildman–Crippen LogP) is 3.16. The van der Waals surface area contributed by atoms with Crippen molar-refractivity contribution in [3.63, 3.8) is 0 Å². The van der Waals surface area contributed by atoms with E-state index >= 15 is 0 Å². The molecule has 0 radical (unpaired) electrons. The second-order valence-electron chi connectivity index (χ2n) is 6.07. The first-order valence-electron chi connectivity index (χ1n) is 7.84. The molecule has 0 aromatic rings. The highest BCUT2D eigenvalue weighted by atomic mass is 15.2. The molecule has 0 amide bonds. The van der Waals surface area contributed by atoms with Crippen molar-refractivity contribution < 1.29 is 0 Å². The molecule has 2 rings (SSSR count). The number of hydrogen-bond acceptors (Lipinski definition) is 2. The molecule has 2 nitrogen and oxygen atoms in total. The minimum Gasteiger partial charge on any atom is -0.329 e. The van der Waals surface area contributed by atoms with Gasteiger partial charge in [-0.2, -0.15) is 0 Å². The van der Waals surface area contributed by atoms with Crippen LogP contribution in [0.4, 0.5) is 0 Å². The lowest BCUT2D eigenvalue weighted by Gasteiger charge is -2.35. The van der Waals surface area contributed by atoms with E-state index in [0.717, 1.165) is 12.5 Å². The van der Waals surface area contributed by atoms with Crippen molar-refractivity contribution in [2.24, 2.45) is 11.7 Å². The highest BCUT2D eigenvalue weighted by Crippen LogP contribution is 2.27. The van der Waals surface area contributed by atoms with Crippen LogP contribution in [0.25, 0.3) is 0 Å². The first kappa shape index (κ1) is 13.4. The van der Waals surface area contributed by atoms with E-state index in [4.69, 9.17) is 5.73 Å². The Morgan fingerprint density at radius 3 is 2.47 bits per heavy atom. The number of nitrogens with zero attached hydrogens (tertiary/aromatic N) is 1. The van der Waals surface area contributed by atoms with Crippen LogP contribution in [0.1, 0.15) is 64.2 Å². The summed E-state index contributed by atoms with van der Waals surface area (Å²) in [6, 6.07) is 0.690. The zero-order valence-electron chi connectivity index (χ0n) is 11.4. The molecule has 0 unspecified atom stereocenters. The van der Waals surface area contributed by atoms with Gasteiger partial charge in [-0.3, -0.25) is 4.90 Å². The molecule has 2 heteroatoms. The summed E-state index contributed by atoms with van der Waals surface area (Å²) in [7, 11) is 0. The van der Waals surface area contributed by atoms with Gasteiger partial charge in [-0.1, -0.05) is 38.5 Å². The van der Waals surface area contributed by atoms with Crippen LogP contribution in [0, 0.1) is 5.92 Å². The van der Waals surface area contributed by atoms with E-state index in [9.17, 15) is 0 Å². The average molecular weight is 238 g/mol. The Balaban J connectivity index is 1.62. The van der Waals surface area contributed by atoms with Crippen molar-refractivity contribution in [2.45, 2.75) is 70.3 Å². The molecule has 17 heavy (non-hydrogen) atoms. The molecular formula is C15H30N2. The van der Waals surface area contributed by atoms with Gasteiger partial charge in [0.15, 0.2) is 0 Å². The minimum absolute atomic E-state index is 0.690. The van der Waals surface area contributed by atoms with E-state index in [1.807, 2.05) is 0 Å². The highest BCUT2D eigenvalue weighted by molar-refractivity contribution is 4.77. The van der Waals surface area contributed by atoms with Gasteiger partial charge >= 0.3 is 0 Å². The van der Waals surface area contributed by atoms with E-state index in [-0.39, 0.29) is 0 Å². The molecule has 2 fully saturated rings. The van der Waals surface area contributed by atoms with Gasteiger partial charge in [-0.15, -0.1) is 0 Å². The maximum atomic E-state index is 5.87. The van der Waals surface area contributed by atoms with Crippen LogP contribution in [-0.4, -0.2) is 30.6 Å². The standard InChI is InChI=1S/C15H30N2/c16-13-15-10-4-5-11-17(15)12-6-9-14-7-2-1-3-8-14/h14-15H,1-13,16H2/t15-/m0/s1. The monoisotopic (exact) mass is 238 g/mol. The van der Waals surface area contributed by atoms with Gasteiger partial charge < -0.3 is 5.73 Å². The summed E-state index contributed by atoms with van der Waals surface area (Å²) < 4.78 is 0. The lowest BCUT2D eigenvalue weighted by Crippen LogP contribution is -2.44. The number of likely N-dealkylation sites (tertiary alicyclic amines) is 1. The second kappa shape index (κ2) is 7.38. The van der Waals surface area contributed by atoms with Gasteiger partial charge in [0, 0.05) is 12.6 Å². The smallest absolute Gasteiger partial charge is 0.0218 e. The summed E-state index contributed by atoms with van der Waals surface area (Å²) in [6.45, 7) is 3.47. The molecule has 2 N–H and O–H groups in total. The SMILES string of the molecule is NC[C@@H]1CCCCN1CCCC1CCCCC1. The summed E-state index contributed by atoms with van der Waals surface area (Å²) in [4.78, 5) is 2.66. The van der Waals surface area contributed by atoms with Crippen LogP contribution in [-0.2, 0) is 0 Å². The van der Waals surface area contributed by atoms with E-state index in [1.54, 1.807) is 0 Å². The molecule has 0 bridgehead atoms. The molecule has 2 aliphatic rings. The van der Waals surface area contributed by atoms with E-state index < -0.39 is 0 Å². The fourth-order valence-electron chi connectivity index (χ4n) is 3.68. The fraction of sp³-hybridized carbons (Fsp3) is 1.00. The first-order chi connectivity index (χ1) is 8.40. The molecule has 0 aromatic carbocycles. The van der Waals surface area contributed by atoms with Crippen molar-refractivity contribution >= 4 is 0 Å². The normalized spacial score (nSPS) is 28.4. The Morgan fingerprint density at radius 2 is 1.71 bits per heavy atom. The van der Waals surface area contributed by atoms with E-state index in [0.29, 0.717) is 6.04 Å². The summed E-state index contributed by atoms with van der Waals surface area (Å²) in [5, 5.41) is 0. The number of hydrogen-bond donors (Lipinski definition) is 1. The topological polar surface area (TPSA) is 29.3 Å². The van der Waals surface area contributed by atoms with Crippen molar-refractivity contribution in [3.05, 3.63) is 0 Å². The van der Waals surface area contributed by atoms with E-state index in [1.165, 1.54) is 77.3 Å². The highest BCUT2D eigenvalue weighted by Gasteiger charge is 2.21. The second-order valence-corrected chi connectivity index (χ2v) is 6.07. The number of rotatable bonds is 5. The van der Waals surface area contributed by atoms with Crippen molar-refractivity contribution in [3.8, 4) is 0 Å².